The van der Waals surface area contributed by atoms with Gasteiger partial charge in [-0.05, 0) is 38.0 Å². The molecule has 0 atom stereocenters. The molecule has 2 aromatic rings. The van der Waals surface area contributed by atoms with E-state index in [0.717, 1.165) is 40.9 Å². The fourth-order valence-electron chi connectivity index (χ4n) is 2.20. The highest BCUT2D eigenvalue weighted by atomic mass is 79.9. The Morgan fingerprint density at radius 2 is 2.00 bits per heavy atom. The van der Waals surface area contributed by atoms with E-state index in [1.54, 1.807) is 0 Å². The van der Waals surface area contributed by atoms with Crippen molar-refractivity contribution < 1.29 is 0 Å². The van der Waals surface area contributed by atoms with Gasteiger partial charge >= 0.3 is 0 Å². The summed E-state index contributed by atoms with van der Waals surface area (Å²) in [4.78, 5) is 9.35. The molecule has 0 unspecified atom stereocenters. The molecule has 0 fully saturated rings. The normalized spacial score (nSPS) is 10.7. The standard InChI is InChI=1S/C16H19BrClN3/c1-4-8-19-15-12(5-2)10(3)20-16(21-15)13-9-11(18)6-7-14(13)17/h6-7,9H,4-5,8H2,1-3H3,(H,19,20,21). The van der Waals surface area contributed by atoms with Crippen molar-refractivity contribution in [2.75, 3.05) is 11.9 Å². The van der Waals surface area contributed by atoms with Crippen molar-refractivity contribution in [3.05, 3.63) is 39.0 Å². The van der Waals surface area contributed by atoms with Gasteiger partial charge in [0.25, 0.3) is 0 Å². The van der Waals surface area contributed by atoms with E-state index >= 15 is 0 Å². The molecule has 0 aliphatic rings. The average Bonchev–Trinajstić information content (AvgIpc) is 2.47. The van der Waals surface area contributed by atoms with Crippen molar-refractivity contribution in [1.82, 2.24) is 9.97 Å². The van der Waals surface area contributed by atoms with Gasteiger partial charge in [0.1, 0.15) is 5.82 Å². The molecule has 1 heterocycles. The van der Waals surface area contributed by atoms with E-state index in [1.807, 2.05) is 25.1 Å². The van der Waals surface area contributed by atoms with Crippen molar-refractivity contribution in [3.8, 4) is 11.4 Å². The smallest absolute Gasteiger partial charge is 0.162 e. The molecule has 21 heavy (non-hydrogen) atoms. The first-order chi connectivity index (χ1) is 10.1. The van der Waals surface area contributed by atoms with Crippen LogP contribution in [0, 0.1) is 6.92 Å². The minimum atomic E-state index is 0.678. The van der Waals surface area contributed by atoms with Gasteiger partial charge in [-0.25, -0.2) is 9.97 Å². The molecule has 1 aromatic carbocycles. The number of nitrogens with zero attached hydrogens (tertiary/aromatic N) is 2. The van der Waals surface area contributed by atoms with Crippen LogP contribution in [0.4, 0.5) is 5.82 Å². The molecule has 0 bridgehead atoms. The molecule has 0 spiro atoms. The summed E-state index contributed by atoms with van der Waals surface area (Å²) in [5, 5.41) is 4.08. The Morgan fingerprint density at radius 1 is 1.24 bits per heavy atom. The summed E-state index contributed by atoms with van der Waals surface area (Å²) in [6.45, 7) is 7.19. The minimum Gasteiger partial charge on any atom is -0.370 e. The molecule has 3 nitrogen and oxygen atoms in total. The van der Waals surface area contributed by atoms with Crippen LogP contribution in [0.25, 0.3) is 11.4 Å². The van der Waals surface area contributed by atoms with Gasteiger partial charge in [0.05, 0.1) is 0 Å². The van der Waals surface area contributed by atoms with E-state index in [0.29, 0.717) is 10.8 Å². The summed E-state index contributed by atoms with van der Waals surface area (Å²) >= 11 is 9.64. The Balaban J connectivity index is 2.54. The van der Waals surface area contributed by atoms with Gasteiger partial charge in [0, 0.05) is 32.9 Å². The molecular weight excluding hydrogens is 350 g/mol. The second-order valence-electron chi connectivity index (χ2n) is 4.86. The van der Waals surface area contributed by atoms with E-state index in [1.165, 1.54) is 5.56 Å². The first kappa shape index (κ1) is 16.2. The van der Waals surface area contributed by atoms with Gasteiger partial charge in [-0.3, -0.25) is 0 Å². The molecule has 0 saturated heterocycles. The summed E-state index contributed by atoms with van der Waals surface area (Å²) in [5.74, 6) is 1.62. The number of anilines is 1. The predicted molar refractivity (Wildman–Crippen MR) is 93.1 cm³/mol. The molecular formula is C16H19BrClN3. The van der Waals surface area contributed by atoms with Crippen LogP contribution in [0.3, 0.4) is 0 Å². The van der Waals surface area contributed by atoms with Crippen LogP contribution in [0.2, 0.25) is 5.02 Å². The van der Waals surface area contributed by atoms with Gasteiger partial charge in [0.2, 0.25) is 0 Å². The van der Waals surface area contributed by atoms with Gasteiger partial charge in [0.15, 0.2) is 5.82 Å². The maximum Gasteiger partial charge on any atom is 0.162 e. The van der Waals surface area contributed by atoms with Gasteiger partial charge in [-0.15, -0.1) is 0 Å². The highest BCUT2D eigenvalue weighted by Crippen LogP contribution is 2.30. The Labute approximate surface area is 139 Å². The van der Waals surface area contributed by atoms with Crippen LogP contribution in [-0.2, 0) is 6.42 Å². The Morgan fingerprint density at radius 3 is 2.67 bits per heavy atom. The quantitative estimate of drug-likeness (QED) is 0.783. The lowest BCUT2D eigenvalue weighted by molar-refractivity contribution is 0.938. The molecule has 2 rings (SSSR count). The number of hydrogen-bond donors (Lipinski definition) is 1. The minimum absolute atomic E-state index is 0.678. The third-order valence-electron chi connectivity index (χ3n) is 3.28. The van der Waals surface area contributed by atoms with E-state index in [2.05, 4.69) is 40.1 Å². The number of halogens is 2. The van der Waals surface area contributed by atoms with Crippen molar-refractivity contribution >= 4 is 33.3 Å². The molecule has 1 N–H and O–H groups in total. The molecule has 0 saturated carbocycles. The molecule has 0 aliphatic carbocycles. The molecule has 0 aliphatic heterocycles. The predicted octanol–water partition coefficient (Wildman–Crippen LogP) is 5.25. The summed E-state index contributed by atoms with van der Waals surface area (Å²) in [6, 6.07) is 5.65. The van der Waals surface area contributed by atoms with Gasteiger partial charge < -0.3 is 5.32 Å². The average molecular weight is 369 g/mol. The van der Waals surface area contributed by atoms with E-state index < -0.39 is 0 Å². The van der Waals surface area contributed by atoms with Crippen molar-refractivity contribution in [3.63, 3.8) is 0 Å². The zero-order valence-corrected chi connectivity index (χ0v) is 14.8. The largest absolute Gasteiger partial charge is 0.370 e. The third kappa shape index (κ3) is 3.74. The van der Waals surface area contributed by atoms with Crippen LogP contribution in [0.15, 0.2) is 22.7 Å². The summed E-state index contributed by atoms with van der Waals surface area (Å²) < 4.78 is 0.942. The van der Waals surface area contributed by atoms with Crippen LogP contribution in [0.5, 0.6) is 0 Å². The lowest BCUT2D eigenvalue weighted by atomic mass is 10.1. The Hall–Kier alpha value is -1.13. The Kier molecular flexibility index (Phi) is 5.59. The molecule has 112 valence electrons. The maximum atomic E-state index is 6.10. The number of nitrogens with one attached hydrogen (secondary N) is 1. The third-order valence-corrected chi connectivity index (χ3v) is 4.21. The monoisotopic (exact) mass is 367 g/mol. The Bertz CT molecular complexity index is 644. The topological polar surface area (TPSA) is 37.8 Å². The second-order valence-corrected chi connectivity index (χ2v) is 6.16. The zero-order valence-electron chi connectivity index (χ0n) is 12.5. The number of benzene rings is 1. The molecule has 0 amide bonds. The first-order valence-electron chi connectivity index (χ1n) is 7.13. The second kappa shape index (κ2) is 7.23. The molecule has 1 aromatic heterocycles. The maximum absolute atomic E-state index is 6.10. The number of hydrogen-bond acceptors (Lipinski definition) is 3. The van der Waals surface area contributed by atoms with E-state index in [9.17, 15) is 0 Å². The number of aromatic nitrogens is 2. The van der Waals surface area contributed by atoms with Crippen molar-refractivity contribution in [1.29, 1.82) is 0 Å². The summed E-state index contributed by atoms with van der Waals surface area (Å²) in [7, 11) is 0. The van der Waals surface area contributed by atoms with Gasteiger partial charge in [-0.1, -0.05) is 41.4 Å². The van der Waals surface area contributed by atoms with Gasteiger partial charge in [-0.2, -0.15) is 0 Å². The number of aryl methyl sites for hydroxylation is 1. The van der Waals surface area contributed by atoms with E-state index in [4.69, 9.17) is 16.6 Å². The lowest BCUT2D eigenvalue weighted by Gasteiger charge is -2.14. The molecule has 5 heteroatoms. The first-order valence-corrected chi connectivity index (χ1v) is 8.30. The van der Waals surface area contributed by atoms with Crippen LogP contribution >= 0.6 is 27.5 Å². The summed E-state index contributed by atoms with van der Waals surface area (Å²) in [5.41, 5.74) is 3.09. The highest BCUT2D eigenvalue weighted by molar-refractivity contribution is 9.10. The van der Waals surface area contributed by atoms with Crippen molar-refractivity contribution in [2.24, 2.45) is 0 Å². The van der Waals surface area contributed by atoms with Crippen LogP contribution in [0.1, 0.15) is 31.5 Å². The SMILES string of the molecule is CCCNc1nc(-c2cc(Cl)ccc2Br)nc(C)c1CC. The molecule has 0 radical (unpaired) electrons. The van der Waals surface area contributed by atoms with Crippen LogP contribution in [-0.4, -0.2) is 16.5 Å². The summed E-state index contributed by atoms with van der Waals surface area (Å²) in [6.07, 6.45) is 1.97. The highest BCUT2D eigenvalue weighted by Gasteiger charge is 2.13. The fourth-order valence-corrected chi connectivity index (χ4v) is 2.79. The van der Waals surface area contributed by atoms with E-state index in [-0.39, 0.29) is 0 Å². The zero-order chi connectivity index (χ0) is 15.4. The fraction of sp³-hybridized carbons (Fsp3) is 0.375. The lowest BCUT2D eigenvalue weighted by Crippen LogP contribution is -2.09. The van der Waals surface area contributed by atoms with Crippen LogP contribution < -0.4 is 5.32 Å². The number of rotatable bonds is 5. The van der Waals surface area contributed by atoms with Crippen molar-refractivity contribution in [2.45, 2.75) is 33.6 Å².